The summed E-state index contributed by atoms with van der Waals surface area (Å²) in [6, 6.07) is 80.4. The van der Waals surface area contributed by atoms with Crippen LogP contribution in [-0.2, 0) is 65.3 Å². The molecule has 698 valence electrons. The van der Waals surface area contributed by atoms with E-state index in [2.05, 4.69) is 26.9 Å². The van der Waals surface area contributed by atoms with Crippen LogP contribution in [0.2, 0.25) is 25.1 Å². The van der Waals surface area contributed by atoms with E-state index in [-0.39, 0.29) is 154 Å². The standard InChI is InChI=1S/C18H17ClN2O3S.C16H12ClN3O2S.C15H14ClNO4S.C15H12ClNO3S.C9H10N2.C9H11NO2.C6H4Cl2O2S.5CH4.Na.H2O/c1-20(2)11-13-12-21(17-6-4-3-5-16(17)18(13)22)25(23,24)15-9-7-14(19)8-10-15;17-12-5-7-13(8-6-12)23(21,22)20-10-11-9-18-19-16(11)14-3-1-2-4-15(14)20;16-12-6-8-14(9-7-12)22(20,21)17(11-10-15(18)19)13-4-2-1-3-5-13;16-11-5-7-12(8-6-11)21(19,20)17-10-9-15(18)13-3-1-2-4-14(13)17;10-7-4-8-11-9-5-2-1-3-6-9;11-9(12)6-7-10-8-4-2-1-3-5-8;7-5-1-3-6(4-2-5)11(8,9)10;;;;;;;/h3-11H,12H2,1-2H3;1-9H,10H2,(H,18,19);1-9H,10-11H2,(H,18,19);1-8H,9-10H2;1-3,5-6,11H,4,8H2;1-5,10H,6-7H2,(H,11,12);1-4H;5*1H4;;1H2/q;;;;;;;;;;;;+1;/p-1. The molecule has 39 heteroatoms. The van der Waals surface area contributed by atoms with Gasteiger partial charge in [0.15, 0.2) is 11.6 Å². The molecule has 0 bridgehead atoms. The van der Waals surface area contributed by atoms with Crippen LogP contribution in [0, 0.1) is 11.3 Å². The van der Waals surface area contributed by atoms with Crippen molar-refractivity contribution in [1.29, 1.82) is 5.26 Å². The first-order valence-electron chi connectivity index (χ1n) is 37.5. The number of aromatic nitrogens is 2. The van der Waals surface area contributed by atoms with Gasteiger partial charge in [-0.25, -0.2) is 42.1 Å². The topological polar surface area (TPSA) is 402 Å². The molecule has 0 fully saturated rings. The van der Waals surface area contributed by atoms with Gasteiger partial charge in [-0.05, 0) is 188 Å². The van der Waals surface area contributed by atoms with Gasteiger partial charge < -0.3 is 31.2 Å². The number of H-pyrrole nitrogens is 1. The molecule has 0 unspecified atom stereocenters. The Morgan fingerprint density at radius 2 is 0.826 bits per heavy atom. The molecule has 0 atom stereocenters. The van der Waals surface area contributed by atoms with E-state index in [1.807, 2.05) is 78.9 Å². The van der Waals surface area contributed by atoms with Crippen molar-refractivity contribution in [3.05, 3.63) is 345 Å². The molecule has 0 saturated carbocycles. The van der Waals surface area contributed by atoms with Crippen molar-refractivity contribution < 1.29 is 107 Å². The van der Waals surface area contributed by atoms with Gasteiger partial charge in [-0.3, -0.25) is 41.5 Å². The van der Waals surface area contributed by atoms with Gasteiger partial charge in [-0.2, -0.15) is 10.4 Å². The molecule has 4 heterocycles. The number of fused-ring (bicyclic) bond motifs is 5. The van der Waals surface area contributed by atoms with Crippen LogP contribution in [0.4, 0.5) is 34.1 Å². The first kappa shape index (κ1) is 117. The quantitative estimate of drug-likeness (QED) is 0.0193. The molecule has 0 aliphatic carbocycles. The average Bonchev–Trinajstić information content (AvgIpc) is 1.40. The number of sulfonamides is 4. The number of aromatic amines is 1. The van der Waals surface area contributed by atoms with Gasteiger partial charge in [-0.1, -0.05) is 192 Å². The molecule has 11 aromatic carbocycles. The van der Waals surface area contributed by atoms with Crippen LogP contribution in [0.1, 0.15) is 89.1 Å². The zero-order valence-electron chi connectivity index (χ0n) is 67.9. The van der Waals surface area contributed by atoms with Crippen LogP contribution >= 0.6 is 68.7 Å². The molecule has 12 aromatic rings. The second-order valence-corrected chi connectivity index (χ2v) is 39.1. The summed E-state index contributed by atoms with van der Waals surface area (Å²) in [6.07, 6.45) is 3.91. The van der Waals surface area contributed by atoms with E-state index in [0.29, 0.717) is 77.5 Å². The summed E-state index contributed by atoms with van der Waals surface area (Å²) in [6.45, 7) is 1.43. The maximum atomic E-state index is 13.1. The maximum absolute atomic E-state index is 13.1. The minimum Gasteiger partial charge on any atom is -0.870 e. The van der Waals surface area contributed by atoms with E-state index < -0.39 is 61.1 Å². The summed E-state index contributed by atoms with van der Waals surface area (Å²) in [7, 11) is -10.0. The summed E-state index contributed by atoms with van der Waals surface area (Å²) in [5.41, 5.74) is 7.68. The van der Waals surface area contributed by atoms with Crippen molar-refractivity contribution in [3.63, 3.8) is 0 Å². The SMILES string of the molecule is C.C.C.C.C.CN(C)C=C1CN(S(=O)(=O)c2ccc(Cl)cc2)c2ccccc2C1=O.N#CCCNc1ccccc1.O=C(O)CCN(c1ccccc1)S(=O)(=O)c1ccc(Cl)cc1.O=C(O)CCNc1ccccc1.O=C1CCN(S(=O)(=O)c2ccc(Cl)cc2)c2ccccc21.O=S(=O)(Cl)c1ccc(Cl)cc1.O=S(=O)(c1ccc(Cl)cc1)N1Cc2cn[nH]c2-c2ccccc21.[Na+].[OH-]. The Bertz CT molecular complexity index is 6410. The number of rotatable bonds is 21. The van der Waals surface area contributed by atoms with Crippen LogP contribution in [0.15, 0.2) is 328 Å². The summed E-state index contributed by atoms with van der Waals surface area (Å²) in [5.74, 6) is -2.04. The first-order chi connectivity index (χ1) is 59.5. The number of carboxylic acid groups (broad SMARTS) is 2. The smallest absolute Gasteiger partial charge is 0.870 e. The number of nitrogens with one attached hydrogen (secondary N) is 3. The summed E-state index contributed by atoms with van der Waals surface area (Å²) in [5, 5.41) is 40.9. The largest absolute Gasteiger partial charge is 1.00 e. The monoisotopic (exact) mass is 2020 g/mol. The normalized spacial score (nSPS) is 12.1. The number of anilines is 6. The molecule has 15 rings (SSSR count). The Balaban J connectivity index is 0.000000527. The molecule has 132 heavy (non-hydrogen) atoms. The number of hydrogen-bond acceptors (Lipinski definition) is 20. The molecule has 3 aliphatic heterocycles. The van der Waals surface area contributed by atoms with Crippen molar-refractivity contribution >= 4 is 175 Å². The number of aliphatic carboxylic acids is 2. The van der Waals surface area contributed by atoms with Crippen molar-refractivity contribution in [1.82, 2.24) is 15.1 Å². The fourth-order valence-corrected chi connectivity index (χ4v) is 19.3. The van der Waals surface area contributed by atoms with Crippen molar-refractivity contribution in [2.75, 3.05) is 74.7 Å². The zero-order valence-corrected chi connectivity index (χ0v) is 78.5. The van der Waals surface area contributed by atoms with Gasteiger partial charge in [0.25, 0.3) is 49.1 Å². The first-order valence-corrected chi connectivity index (χ1v) is 47.5. The molecule has 6 N–H and O–H groups in total. The predicted octanol–water partition coefficient (Wildman–Crippen LogP) is 18.6. The number of ketones is 2. The van der Waals surface area contributed by atoms with Crippen LogP contribution in [0.5, 0.6) is 0 Å². The van der Waals surface area contributed by atoms with Crippen LogP contribution in [0.25, 0.3) is 11.3 Å². The fourth-order valence-electron chi connectivity index (χ4n) is 12.0. The van der Waals surface area contributed by atoms with Crippen molar-refractivity contribution in [2.45, 2.75) is 93.8 Å². The molecule has 0 spiro atoms. The van der Waals surface area contributed by atoms with Gasteiger partial charge in [0, 0.05) is 128 Å². The number of halogens is 6. The summed E-state index contributed by atoms with van der Waals surface area (Å²) in [4.78, 5) is 47.9. The number of hydrogen-bond donors (Lipinski definition) is 5. The molecule has 27 nitrogen and oxygen atoms in total. The third-order valence-corrected chi connectivity index (χ3v) is 27.8. The van der Waals surface area contributed by atoms with E-state index in [9.17, 15) is 61.3 Å². The molecule has 1 aromatic heterocycles. The van der Waals surface area contributed by atoms with Gasteiger partial charge in [-0.15, -0.1) is 0 Å². The number of nitrogens with zero attached hydrogens (tertiary/aromatic N) is 7. The molecule has 3 aliphatic rings. The maximum Gasteiger partial charge on any atom is 1.00 e. The van der Waals surface area contributed by atoms with Gasteiger partial charge in [0.1, 0.15) is 0 Å². The third-order valence-electron chi connectivity index (χ3n) is 18.0. The Kier molecular flexibility index (Phi) is 48.9. The second kappa shape index (κ2) is 55.0. The Morgan fingerprint density at radius 3 is 1.24 bits per heavy atom. The van der Waals surface area contributed by atoms with Gasteiger partial charge in [0.2, 0.25) is 0 Å². The molecule has 0 amide bonds. The number of benzene rings is 11. The minimum atomic E-state index is -3.86. The summed E-state index contributed by atoms with van der Waals surface area (Å²) >= 11 is 28.8. The van der Waals surface area contributed by atoms with E-state index in [0.717, 1.165) is 39.0 Å². The Labute approximate surface area is 825 Å². The molecular formula is C93H101Cl6N10NaO17S5. The van der Waals surface area contributed by atoms with Crippen LogP contribution in [-0.4, -0.2) is 143 Å². The molecule has 0 saturated heterocycles. The van der Waals surface area contributed by atoms with Crippen LogP contribution < -0.4 is 57.4 Å². The molecular weight excluding hydrogens is 1930 g/mol. The van der Waals surface area contributed by atoms with Gasteiger partial charge in [0.05, 0.1) is 97.5 Å². The number of Topliss-reactive ketones (excluding diaryl/α,β-unsaturated/α-hetero) is 2. The van der Waals surface area contributed by atoms with E-state index in [4.69, 9.17) is 84.2 Å². The van der Waals surface area contributed by atoms with E-state index in [1.54, 1.807) is 128 Å². The van der Waals surface area contributed by atoms with Crippen molar-refractivity contribution in [2.24, 2.45) is 0 Å². The second-order valence-electron chi connectivity index (χ2n) is 26.9. The average molecular weight is 2030 g/mol. The summed E-state index contributed by atoms with van der Waals surface area (Å²) < 4.78 is 130. The number of nitriles is 1. The molecule has 0 radical (unpaired) electrons. The Hall–Kier alpha value is -10.8. The zero-order chi connectivity index (χ0) is 90.7. The predicted molar refractivity (Wildman–Crippen MR) is 526 cm³/mol. The van der Waals surface area contributed by atoms with E-state index >= 15 is 0 Å². The number of carbonyl (C=O) groups is 4. The van der Waals surface area contributed by atoms with E-state index in [1.165, 1.54) is 122 Å². The number of carbonyl (C=O) groups excluding carboxylic acids is 2. The third kappa shape index (κ3) is 32.8. The van der Waals surface area contributed by atoms with Gasteiger partial charge >= 0.3 is 41.5 Å². The number of para-hydroxylation sites is 6. The van der Waals surface area contributed by atoms with Crippen LogP contribution in [0.3, 0.4) is 0 Å². The minimum absolute atomic E-state index is 0. The Morgan fingerprint density at radius 1 is 0.470 bits per heavy atom. The van der Waals surface area contributed by atoms with Crippen molar-refractivity contribution in [3.8, 4) is 17.3 Å². The number of carboxylic acids is 2. The fraction of sp³-hybridized carbons (Fsp3) is 0.183.